The van der Waals surface area contributed by atoms with Crippen LogP contribution in [-0.4, -0.2) is 21.8 Å². The highest BCUT2D eigenvalue weighted by atomic mass is 35.5. The first-order chi connectivity index (χ1) is 13.5. The summed E-state index contributed by atoms with van der Waals surface area (Å²) in [5, 5.41) is 3.55. The number of halogens is 1. The van der Waals surface area contributed by atoms with E-state index in [-0.39, 0.29) is 0 Å². The Balaban J connectivity index is 1.65. The van der Waals surface area contributed by atoms with Crippen LogP contribution in [0.1, 0.15) is 5.56 Å². The number of ether oxygens (including phenoxy) is 1. The third-order valence-corrected chi connectivity index (χ3v) is 4.38. The van der Waals surface area contributed by atoms with Crippen molar-refractivity contribution in [2.75, 3.05) is 17.9 Å². The summed E-state index contributed by atoms with van der Waals surface area (Å²) in [6.07, 6.45) is 1.65. The number of fused-ring (bicyclic) bond motifs is 1. The van der Waals surface area contributed by atoms with Crippen molar-refractivity contribution in [3.05, 3.63) is 69.8 Å². The van der Waals surface area contributed by atoms with Gasteiger partial charge in [0.25, 0.3) is 0 Å². The van der Waals surface area contributed by atoms with Crippen LogP contribution < -0.4 is 21.2 Å². The molecule has 0 bridgehead atoms. The van der Waals surface area contributed by atoms with E-state index in [1.807, 2.05) is 13.0 Å². The van der Waals surface area contributed by atoms with Gasteiger partial charge in [-0.2, -0.15) is 9.66 Å². The van der Waals surface area contributed by atoms with E-state index in [2.05, 4.69) is 20.7 Å². The van der Waals surface area contributed by atoms with Gasteiger partial charge in [-0.1, -0.05) is 23.7 Å². The number of benzene rings is 2. The third kappa shape index (κ3) is 3.37. The number of anilines is 3. The van der Waals surface area contributed by atoms with Crippen LogP contribution in [0.4, 0.5) is 17.5 Å². The largest absolute Gasteiger partial charge is 0.495 e. The molecule has 0 atom stereocenters. The van der Waals surface area contributed by atoms with E-state index >= 15 is 0 Å². The zero-order valence-corrected chi connectivity index (χ0v) is 15.8. The van der Waals surface area contributed by atoms with Crippen molar-refractivity contribution in [2.45, 2.75) is 6.92 Å². The summed E-state index contributed by atoms with van der Waals surface area (Å²) in [4.78, 5) is 20.9. The predicted octanol–water partition coefficient (Wildman–Crippen LogP) is 3.97. The molecule has 0 aliphatic heterocycles. The number of methoxy groups -OCH3 is 1. The number of aryl methyl sites for hydroxylation is 1. The van der Waals surface area contributed by atoms with E-state index in [0.29, 0.717) is 39.3 Å². The van der Waals surface area contributed by atoms with Gasteiger partial charge in [-0.15, -0.1) is 0 Å². The van der Waals surface area contributed by atoms with E-state index in [0.717, 1.165) is 5.56 Å². The molecular formula is C19H16ClN5O3. The van der Waals surface area contributed by atoms with Gasteiger partial charge in [0.1, 0.15) is 11.3 Å². The van der Waals surface area contributed by atoms with Crippen molar-refractivity contribution in [3.8, 4) is 5.75 Å². The average molecular weight is 398 g/mol. The molecule has 0 saturated carbocycles. The van der Waals surface area contributed by atoms with Crippen molar-refractivity contribution in [2.24, 2.45) is 0 Å². The molecule has 0 saturated heterocycles. The third-order valence-electron chi connectivity index (χ3n) is 4.08. The minimum absolute atomic E-state index is 0.343. The molecule has 4 aromatic rings. The maximum absolute atomic E-state index is 12.2. The molecule has 0 unspecified atom stereocenters. The topological polar surface area (TPSA) is 94.2 Å². The monoisotopic (exact) mass is 397 g/mol. The Morgan fingerprint density at radius 3 is 2.82 bits per heavy atom. The molecule has 0 radical (unpaired) electrons. The van der Waals surface area contributed by atoms with Gasteiger partial charge in [-0.05, 0) is 37.3 Å². The molecular weight excluding hydrogens is 382 g/mol. The smallest absolute Gasteiger partial charge is 0.439 e. The molecule has 8 nitrogen and oxygen atoms in total. The predicted molar refractivity (Wildman–Crippen MR) is 108 cm³/mol. The van der Waals surface area contributed by atoms with Crippen LogP contribution in [0.3, 0.4) is 0 Å². The molecule has 0 spiro atoms. The summed E-state index contributed by atoms with van der Waals surface area (Å²) >= 11 is 6.15. The van der Waals surface area contributed by atoms with E-state index in [1.54, 1.807) is 49.7 Å². The minimum Gasteiger partial charge on any atom is -0.495 e. The van der Waals surface area contributed by atoms with Gasteiger partial charge in [0.05, 0.1) is 12.1 Å². The lowest BCUT2D eigenvalue weighted by molar-refractivity contribution is 0.415. The Morgan fingerprint density at radius 1 is 1.21 bits per heavy atom. The fourth-order valence-electron chi connectivity index (χ4n) is 2.67. The molecule has 4 rings (SSSR count). The number of nitrogens with one attached hydrogen (secondary N) is 2. The number of hydrogen-bond acceptors (Lipinski definition) is 7. The Labute approximate surface area is 164 Å². The molecule has 0 fully saturated rings. The van der Waals surface area contributed by atoms with Gasteiger partial charge in [0.15, 0.2) is 11.4 Å². The van der Waals surface area contributed by atoms with E-state index < -0.39 is 5.76 Å². The molecule has 0 aliphatic rings. The summed E-state index contributed by atoms with van der Waals surface area (Å²) in [6, 6.07) is 12.4. The summed E-state index contributed by atoms with van der Waals surface area (Å²) < 4.78 is 11.7. The molecule has 142 valence electrons. The Kier molecular flexibility index (Phi) is 4.62. The molecule has 28 heavy (non-hydrogen) atoms. The Morgan fingerprint density at radius 2 is 2.04 bits per heavy atom. The van der Waals surface area contributed by atoms with Crippen LogP contribution in [0.15, 0.2) is 57.9 Å². The number of hydrogen-bond donors (Lipinski definition) is 2. The molecule has 0 amide bonds. The maximum atomic E-state index is 12.2. The van der Waals surface area contributed by atoms with Crippen molar-refractivity contribution < 1.29 is 9.15 Å². The molecule has 2 heterocycles. The van der Waals surface area contributed by atoms with Gasteiger partial charge in [-0.3, -0.25) is 5.43 Å². The summed E-state index contributed by atoms with van der Waals surface area (Å²) in [5.74, 6) is 0.849. The number of oxazole rings is 1. The van der Waals surface area contributed by atoms with E-state index in [1.165, 1.54) is 4.68 Å². The summed E-state index contributed by atoms with van der Waals surface area (Å²) in [7, 11) is 1.55. The van der Waals surface area contributed by atoms with Crippen LogP contribution in [-0.2, 0) is 0 Å². The van der Waals surface area contributed by atoms with Gasteiger partial charge in [0, 0.05) is 17.4 Å². The second-order valence-electron chi connectivity index (χ2n) is 5.98. The Hall–Kier alpha value is -3.52. The summed E-state index contributed by atoms with van der Waals surface area (Å²) in [6.45, 7) is 1.84. The quantitative estimate of drug-likeness (QED) is 0.526. The SMILES string of the molecule is COc1ccc(Nc2ncc(C)c(Nn3c(=O)oc4ccccc43)n2)cc1Cl. The van der Waals surface area contributed by atoms with Crippen molar-refractivity contribution in [1.29, 1.82) is 0 Å². The van der Waals surface area contributed by atoms with E-state index in [4.69, 9.17) is 20.8 Å². The molecule has 9 heteroatoms. The van der Waals surface area contributed by atoms with Crippen LogP contribution >= 0.6 is 11.6 Å². The van der Waals surface area contributed by atoms with Gasteiger partial charge >= 0.3 is 5.76 Å². The van der Waals surface area contributed by atoms with Crippen molar-refractivity contribution >= 4 is 40.2 Å². The van der Waals surface area contributed by atoms with Crippen LogP contribution in [0.2, 0.25) is 5.02 Å². The molecule has 2 aromatic heterocycles. The second-order valence-corrected chi connectivity index (χ2v) is 6.39. The highest BCUT2D eigenvalue weighted by molar-refractivity contribution is 6.32. The molecule has 2 aromatic carbocycles. The zero-order valence-electron chi connectivity index (χ0n) is 15.1. The van der Waals surface area contributed by atoms with Gasteiger partial charge < -0.3 is 14.5 Å². The molecule has 2 N–H and O–H groups in total. The number of nitrogens with zero attached hydrogens (tertiary/aromatic N) is 3. The van der Waals surface area contributed by atoms with Gasteiger partial charge in [0.2, 0.25) is 5.95 Å². The highest BCUT2D eigenvalue weighted by Crippen LogP contribution is 2.28. The minimum atomic E-state index is -0.532. The summed E-state index contributed by atoms with van der Waals surface area (Å²) in [5.41, 5.74) is 5.55. The maximum Gasteiger partial charge on any atom is 0.439 e. The first-order valence-electron chi connectivity index (χ1n) is 8.37. The lowest BCUT2D eigenvalue weighted by Crippen LogP contribution is -2.23. The molecule has 0 aliphatic carbocycles. The average Bonchev–Trinajstić information content (AvgIpc) is 3.00. The highest BCUT2D eigenvalue weighted by Gasteiger charge is 2.12. The number of para-hydroxylation sites is 2. The van der Waals surface area contributed by atoms with Gasteiger partial charge in [-0.25, -0.2) is 9.78 Å². The number of rotatable bonds is 5. The lowest BCUT2D eigenvalue weighted by Gasteiger charge is -2.12. The fourth-order valence-corrected chi connectivity index (χ4v) is 2.92. The first-order valence-corrected chi connectivity index (χ1v) is 8.75. The first kappa shape index (κ1) is 17.9. The van der Waals surface area contributed by atoms with Crippen LogP contribution in [0.25, 0.3) is 11.1 Å². The van der Waals surface area contributed by atoms with Crippen molar-refractivity contribution in [1.82, 2.24) is 14.6 Å². The zero-order chi connectivity index (χ0) is 19.7. The Bertz CT molecular complexity index is 1220. The van der Waals surface area contributed by atoms with Crippen molar-refractivity contribution in [3.63, 3.8) is 0 Å². The van der Waals surface area contributed by atoms with Crippen LogP contribution in [0.5, 0.6) is 5.75 Å². The fraction of sp³-hybridized carbons (Fsp3) is 0.105. The second kappa shape index (κ2) is 7.24. The normalized spacial score (nSPS) is 10.8. The van der Waals surface area contributed by atoms with Crippen LogP contribution in [0, 0.1) is 6.92 Å². The number of aromatic nitrogens is 3. The lowest BCUT2D eigenvalue weighted by atomic mass is 10.3. The van der Waals surface area contributed by atoms with E-state index in [9.17, 15) is 4.79 Å². The standard InChI is InChI=1S/C19H16ClN5O3/c1-11-10-21-18(22-12-7-8-15(27-2)13(20)9-12)23-17(11)24-25-14-5-3-4-6-16(14)28-19(25)26/h3-10H,1-2H3,(H2,21,22,23,24).